The Balaban J connectivity index is 2.04. The summed E-state index contributed by atoms with van der Waals surface area (Å²) in [4.78, 5) is 12.2. The van der Waals surface area contributed by atoms with Gasteiger partial charge in [0.2, 0.25) is 0 Å². The van der Waals surface area contributed by atoms with E-state index in [0.29, 0.717) is 12.3 Å². The van der Waals surface area contributed by atoms with E-state index in [9.17, 15) is 13.6 Å². The van der Waals surface area contributed by atoms with Crippen LogP contribution in [0.1, 0.15) is 36.6 Å². The second-order valence-electron chi connectivity index (χ2n) is 7.19. The Morgan fingerprint density at radius 1 is 1.00 bits per heavy atom. The number of rotatable bonds is 7. The van der Waals surface area contributed by atoms with Crippen molar-refractivity contribution >= 4 is 5.97 Å². The highest BCUT2D eigenvalue weighted by Crippen LogP contribution is 2.30. The van der Waals surface area contributed by atoms with Crippen LogP contribution in [0.15, 0.2) is 48.5 Å². The lowest BCUT2D eigenvalue weighted by atomic mass is 10.1. The molecule has 0 radical (unpaired) electrons. The van der Waals surface area contributed by atoms with Gasteiger partial charge in [-0.3, -0.25) is 4.79 Å². The molecule has 3 nitrogen and oxygen atoms in total. The van der Waals surface area contributed by atoms with Crippen molar-refractivity contribution < 1.29 is 18.3 Å². The summed E-state index contributed by atoms with van der Waals surface area (Å²) in [5.41, 5.74) is 4.95. The van der Waals surface area contributed by atoms with Crippen LogP contribution in [0.2, 0.25) is 0 Å². The molecule has 1 heterocycles. The fraction of sp³-hybridized carbons (Fsp3) is 0.292. The average Bonchev–Trinajstić information content (AvgIpc) is 3.01. The Morgan fingerprint density at radius 3 is 2.38 bits per heavy atom. The molecule has 1 aromatic heterocycles. The SMILES string of the molecule is CCCCOC(=O)Cc1cc(-c2ccc(C)cc2)n(-c2ccc(F)c(F)c2)c1C. The first-order valence-electron chi connectivity index (χ1n) is 9.80. The molecular formula is C24H25F2NO2. The number of carbonyl (C=O) groups excluding carboxylic acids is 1. The average molecular weight is 397 g/mol. The maximum atomic E-state index is 13.9. The van der Waals surface area contributed by atoms with Gasteiger partial charge in [0.1, 0.15) is 0 Å². The van der Waals surface area contributed by atoms with Crippen LogP contribution in [0.5, 0.6) is 0 Å². The zero-order chi connectivity index (χ0) is 21.0. The van der Waals surface area contributed by atoms with Crippen LogP contribution in [0.3, 0.4) is 0 Å². The molecule has 0 bridgehead atoms. The molecule has 2 aromatic carbocycles. The van der Waals surface area contributed by atoms with Crippen LogP contribution in [0.4, 0.5) is 8.78 Å². The molecule has 0 aliphatic rings. The maximum Gasteiger partial charge on any atom is 0.310 e. The van der Waals surface area contributed by atoms with Crippen molar-refractivity contribution in [2.45, 2.75) is 40.0 Å². The van der Waals surface area contributed by atoms with E-state index < -0.39 is 11.6 Å². The predicted molar refractivity (Wildman–Crippen MR) is 110 cm³/mol. The molecule has 0 fully saturated rings. The fourth-order valence-electron chi connectivity index (χ4n) is 3.27. The highest BCUT2D eigenvalue weighted by atomic mass is 19.2. The highest BCUT2D eigenvalue weighted by molar-refractivity contribution is 5.75. The number of hydrogen-bond acceptors (Lipinski definition) is 2. The summed E-state index contributed by atoms with van der Waals surface area (Å²) < 4.78 is 34.5. The number of esters is 1. The number of benzene rings is 2. The number of ether oxygens (including phenoxy) is 1. The second kappa shape index (κ2) is 9.03. The third-order valence-corrected chi connectivity index (χ3v) is 4.96. The molecule has 0 N–H and O–H groups in total. The van der Waals surface area contributed by atoms with Gasteiger partial charge < -0.3 is 9.30 Å². The van der Waals surface area contributed by atoms with Crippen LogP contribution < -0.4 is 0 Å². The van der Waals surface area contributed by atoms with Gasteiger partial charge >= 0.3 is 5.97 Å². The lowest BCUT2D eigenvalue weighted by molar-refractivity contribution is -0.142. The fourth-order valence-corrected chi connectivity index (χ4v) is 3.27. The first-order chi connectivity index (χ1) is 13.9. The van der Waals surface area contributed by atoms with Crippen molar-refractivity contribution in [3.8, 4) is 16.9 Å². The lowest BCUT2D eigenvalue weighted by Crippen LogP contribution is -2.10. The molecule has 3 aromatic rings. The molecule has 0 atom stereocenters. The van der Waals surface area contributed by atoms with E-state index in [1.165, 1.54) is 12.1 Å². The van der Waals surface area contributed by atoms with Gasteiger partial charge in [-0.15, -0.1) is 0 Å². The first-order valence-corrected chi connectivity index (χ1v) is 9.80. The minimum absolute atomic E-state index is 0.130. The number of aromatic nitrogens is 1. The quantitative estimate of drug-likeness (QED) is 0.366. The van der Waals surface area contributed by atoms with Gasteiger partial charge in [-0.1, -0.05) is 43.2 Å². The second-order valence-corrected chi connectivity index (χ2v) is 7.19. The van der Waals surface area contributed by atoms with Crippen molar-refractivity contribution in [2.75, 3.05) is 6.61 Å². The van der Waals surface area contributed by atoms with Crippen molar-refractivity contribution in [3.63, 3.8) is 0 Å². The molecule has 0 unspecified atom stereocenters. The summed E-state index contributed by atoms with van der Waals surface area (Å²) in [5, 5.41) is 0. The number of halogens is 2. The molecule has 0 saturated carbocycles. The van der Waals surface area contributed by atoms with E-state index in [2.05, 4.69) is 0 Å². The standard InChI is InChI=1S/C24H25F2NO2/c1-4-5-12-29-24(28)14-19-13-23(18-8-6-16(2)7-9-18)27(17(19)3)20-10-11-21(25)22(26)15-20/h6-11,13,15H,4-5,12,14H2,1-3H3. The molecular weight excluding hydrogens is 372 g/mol. The number of nitrogens with zero attached hydrogens (tertiary/aromatic N) is 1. The minimum Gasteiger partial charge on any atom is -0.465 e. The van der Waals surface area contributed by atoms with Crippen LogP contribution in [0.25, 0.3) is 16.9 Å². The molecule has 3 rings (SSSR count). The monoisotopic (exact) mass is 397 g/mol. The molecule has 0 amide bonds. The van der Waals surface area contributed by atoms with Crippen molar-refractivity contribution in [3.05, 3.63) is 77.0 Å². The van der Waals surface area contributed by atoms with E-state index in [-0.39, 0.29) is 12.4 Å². The van der Waals surface area contributed by atoms with Gasteiger partial charge in [-0.2, -0.15) is 0 Å². The summed E-state index contributed by atoms with van der Waals surface area (Å²) in [6.07, 6.45) is 1.91. The number of carbonyl (C=O) groups is 1. The third-order valence-electron chi connectivity index (χ3n) is 4.96. The topological polar surface area (TPSA) is 31.2 Å². The Hall–Kier alpha value is -2.95. The smallest absolute Gasteiger partial charge is 0.310 e. The summed E-state index contributed by atoms with van der Waals surface area (Å²) in [5.74, 6) is -2.10. The van der Waals surface area contributed by atoms with Gasteiger partial charge in [0.05, 0.1) is 18.7 Å². The molecule has 0 spiro atoms. The van der Waals surface area contributed by atoms with Gasteiger partial charge in [-0.25, -0.2) is 8.78 Å². The van der Waals surface area contributed by atoms with Gasteiger partial charge in [0.25, 0.3) is 0 Å². The third kappa shape index (κ3) is 4.73. The summed E-state index contributed by atoms with van der Waals surface area (Å²) in [6, 6.07) is 13.7. The number of hydrogen-bond donors (Lipinski definition) is 0. The summed E-state index contributed by atoms with van der Waals surface area (Å²) in [7, 11) is 0. The van der Waals surface area contributed by atoms with E-state index in [4.69, 9.17) is 4.74 Å². The van der Waals surface area contributed by atoms with Gasteiger partial charge in [0.15, 0.2) is 11.6 Å². The molecule has 0 saturated heterocycles. The molecule has 29 heavy (non-hydrogen) atoms. The predicted octanol–water partition coefficient (Wildman–Crippen LogP) is 5.93. The van der Waals surface area contributed by atoms with Gasteiger partial charge in [-0.05, 0) is 49.6 Å². The van der Waals surface area contributed by atoms with E-state index in [1.807, 2.05) is 55.7 Å². The van der Waals surface area contributed by atoms with Crippen molar-refractivity contribution in [1.29, 1.82) is 0 Å². The zero-order valence-corrected chi connectivity index (χ0v) is 17.0. The van der Waals surface area contributed by atoms with Gasteiger partial charge in [0, 0.05) is 17.4 Å². The zero-order valence-electron chi connectivity index (χ0n) is 17.0. The Kier molecular flexibility index (Phi) is 6.47. The van der Waals surface area contributed by atoms with Crippen LogP contribution in [-0.4, -0.2) is 17.1 Å². The lowest BCUT2D eigenvalue weighted by Gasteiger charge is -2.13. The Morgan fingerprint density at radius 2 is 1.72 bits per heavy atom. The normalized spacial score (nSPS) is 10.9. The molecule has 152 valence electrons. The van der Waals surface area contributed by atoms with Crippen LogP contribution in [-0.2, 0) is 16.0 Å². The van der Waals surface area contributed by atoms with Crippen LogP contribution >= 0.6 is 0 Å². The highest BCUT2D eigenvalue weighted by Gasteiger charge is 2.18. The first kappa shape index (κ1) is 20.8. The minimum atomic E-state index is -0.911. The van der Waals surface area contributed by atoms with E-state index in [1.54, 1.807) is 0 Å². The number of unbranched alkanes of at least 4 members (excludes halogenated alkanes) is 1. The summed E-state index contributed by atoms with van der Waals surface area (Å²) in [6.45, 7) is 6.31. The number of aryl methyl sites for hydroxylation is 1. The maximum absolute atomic E-state index is 13.9. The largest absolute Gasteiger partial charge is 0.465 e. The van der Waals surface area contributed by atoms with Crippen molar-refractivity contribution in [1.82, 2.24) is 4.57 Å². The van der Waals surface area contributed by atoms with Crippen molar-refractivity contribution in [2.24, 2.45) is 0 Å². The molecule has 0 aliphatic heterocycles. The summed E-state index contributed by atoms with van der Waals surface area (Å²) >= 11 is 0. The molecule has 0 aliphatic carbocycles. The van der Waals surface area contributed by atoms with E-state index in [0.717, 1.165) is 47.0 Å². The van der Waals surface area contributed by atoms with E-state index >= 15 is 0 Å². The van der Waals surface area contributed by atoms with Crippen LogP contribution in [0, 0.1) is 25.5 Å². The Labute approximate surface area is 169 Å². The molecule has 5 heteroatoms. The Bertz CT molecular complexity index is 1010.